The van der Waals surface area contributed by atoms with Gasteiger partial charge in [0.2, 0.25) is 6.10 Å². The quantitative estimate of drug-likeness (QED) is 0.0693. The minimum Gasteiger partial charge on any atom is -0.478 e. The Morgan fingerprint density at radius 1 is 1.31 bits per heavy atom. The zero-order valence-electron chi connectivity index (χ0n) is 20.4. The minimum atomic E-state index is -4.97. The summed E-state index contributed by atoms with van der Waals surface area (Å²) in [5.41, 5.74) is 9.79. The van der Waals surface area contributed by atoms with Crippen molar-refractivity contribution in [1.29, 1.82) is 5.41 Å². The van der Waals surface area contributed by atoms with Crippen molar-refractivity contribution in [2.24, 2.45) is 16.8 Å². The summed E-state index contributed by atoms with van der Waals surface area (Å²) in [6.45, 7) is 2.21. The summed E-state index contributed by atoms with van der Waals surface area (Å²) < 4.78 is 40.6. The van der Waals surface area contributed by atoms with E-state index in [1.165, 1.54) is 43.5 Å². The fraction of sp³-hybridized carbons (Fsp3) is 0.333. The summed E-state index contributed by atoms with van der Waals surface area (Å²) in [5.74, 6) is -4.11. The highest BCUT2D eigenvalue weighted by molar-refractivity contribution is 7.80. The average molecular weight is 585 g/mol. The number of hydrogen-bond donors (Lipinski definition) is 5. The third-order valence-corrected chi connectivity index (χ3v) is 6.57. The van der Waals surface area contributed by atoms with Crippen LogP contribution in [0.15, 0.2) is 34.8 Å². The molecule has 1 unspecified atom stereocenters. The van der Waals surface area contributed by atoms with Gasteiger partial charge < -0.3 is 26.1 Å². The summed E-state index contributed by atoms with van der Waals surface area (Å²) in [6.07, 6.45) is -2.02. The maximum absolute atomic E-state index is 13.1. The molecule has 39 heavy (non-hydrogen) atoms. The Balaban J connectivity index is 1.75. The highest BCUT2D eigenvalue weighted by atomic mass is 32.3. The van der Waals surface area contributed by atoms with Gasteiger partial charge >= 0.3 is 16.4 Å². The molecular formula is C21H24N6O10S2. The van der Waals surface area contributed by atoms with Gasteiger partial charge in [-0.15, -0.1) is 15.6 Å². The Labute approximate surface area is 225 Å². The number of rotatable bonds is 13. The van der Waals surface area contributed by atoms with Gasteiger partial charge in [-0.2, -0.15) is 13.5 Å². The van der Waals surface area contributed by atoms with E-state index in [-0.39, 0.29) is 28.1 Å². The molecule has 210 valence electrons. The number of benzene rings is 1. The van der Waals surface area contributed by atoms with Crippen molar-refractivity contribution in [2.45, 2.75) is 31.9 Å². The minimum absolute atomic E-state index is 0.00531. The Morgan fingerprint density at radius 2 is 1.95 bits per heavy atom. The van der Waals surface area contributed by atoms with Crippen molar-refractivity contribution >= 4 is 56.1 Å². The second-order valence-electron chi connectivity index (χ2n) is 8.66. The van der Waals surface area contributed by atoms with Gasteiger partial charge in [-0.25, -0.2) is 9.78 Å². The average Bonchev–Trinajstić information content (AvgIpc) is 3.27. The smallest absolute Gasteiger partial charge is 0.418 e. The van der Waals surface area contributed by atoms with Crippen molar-refractivity contribution in [3.8, 4) is 5.75 Å². The molecule has 0 aliphatic carbocycles. The Morgan fingerprint density at radius 3 is 2.44 bits per heavy atom. The number of aromatic nitrogens is 1. The number of hydroxylamine groups is 2. The van der Waals surface area contributed by atoms with Crippen LogP contribution < -0.4 is 16.2 Å². The van der Waals surface area contributed by atoms with Gasteiger partial charge in [-0.3, -0.25) is 19.6 Å². The molecule has 1 saturated heterocycles. The van der Waals surface area contributed by atoms with Crippen LogP contribution in [0.4, 0.5) is 5.13 Å². The Hall–Kier alpha value is -4.13. The van der Waals surface area contributed by atoms with Crippen LogP contribution in [-0.4, -0.2) is 75.6 Å². The molecule has 1 amide bonds. The van der Waals surface area contributed by atoms with E-state index in [9.17, 15) is 27.9 Å². The number of carbonyl (C=O) groups is 3. The molecule has 1 aromatic carbocycles. The number of oxime groups is 1. The predicted molar refractivity (Wildman–Crippen MR) is 135 cm³/mol. The van der Waals surface area contributed by atoms with E-state index in [0.29, 0.717) is 10.6 Å². The number of ether oxygens (including phenoxy) is 1. The number of hydrogen-bond acceptors (Lipinski definition) is 13. The van der Waals surface area contributed by atoms with Gasteiger partial charge in [0.25, 0.3) is 5.91 Å². The van der Waals surface area contributed by atoms with E-state index in [0.717, 1.165) is 11.3 Å². The fourth-order valence-corrected chi connectivity index (χ4v) is 4.49. The molecule has 18 heteroatoms. The number of thiazole rings is 1. The van der Waals surface area contributed by atoms with Crippen molar-refractivity contribution in [2.75, 3.05) is 12.3 Å². The highest BCUT2D eigenvalue weighted by Gasteiger charge is 2.57. The van der Waals surface area contributed by atoms with Crippen molar-refractivity contribution in [3.63, 3.8) is 0 Å². The van der Waals surface area contributed by atoms with Crippen LogP contribution in [0.1, 0.15) is 31.5 Å². The van der Waals surface area contributed by atoms with E-state index in [2.05, 4.69) is 14.4 Å². The normalized spacial score (nSPS) is 17.7. The topological polar surface area (TPSA) is 258 Å². The van der Waals surface area contributed by atoms with Crippen molar-refractivity contribution in [3.05, 3.63) is 40.9 Å². The zero-order valence-corrected chi connectivity index (χ0v) is 22.1. The molecule has 1 aliphatic rings. The van der Waals surface area contributed by atoms with Crippen LogP contribution in [0, 0.1) is 11.3 Å². The number of nitrogen functional groups attached to an aromatic ring is 2. The lowest BCUT2D eigenvalue weighted by Gasteiger charge is -2.50. The summed E-state index contributed by atoms with van der Waals surface area (Å²) >= 11 is 0.991. The summed E-state index contributed by atoms with van der Waals surface area (Å²) in [7, 11) is -4.97. The van der Waals surface area contributed by atoms with Gasteiger partial charge in [-0.1, -0.05) is 5.16 Å². The number of β-lactam (4-membered cyclic amide) rings is 1. The molecular weight excluding hydrogens is 560 g/mol. The molecule has 2 aromatic rings. The number of nitrogens with two attached hydrogens (primary N) is 2. The molecule has 1 aromatic heterocycles. The largest absolute Gasteiger partial charge is 0.478 e. The summed E-state index contributed by atoms with van der Waals surface area (Å²) in [4.78, 5) is 46.4. The van der Waals surface area contributed by atoms with Gasteiger partial charge in [-0.05, 0) is 38.1 Å². The lowest BCUT2D eigenvalue weighted by atomic mass is 9.74. The molecule has 0 saturated carbocycles. The first-order valence-corrected chi connectivity index (χ1v) is 13.1. The number of carboxylic acids is 1. The molecule has 7 N–H and O–H groups in total. The number of carbonyl (C=O) groups excluding carboxylic acids is 2. The first-order chi connectivity index (χ1) is 18.1. The summed E-state index contributed by atoms with van der Waals surface area (Å²) in [5, 5.41) is 22.6. The maximum Gasteiger partial charge on any atom is 0.418 e. The van der Waals surface area contributed by atoms with Crippen LogP contribution in [-0.2, 0) is 33.9 Å². The fourth-order valence-electron chi connectivity index (χ4n) is 3.49. The van der Waals surface area contributed by atoms with Gasteiger partial charge in [0, 0.05) is 17.4 Å². The second kappa shape index (κ2) is 11.3. The lowest BCUT2D eigenvalue weighted by molar-refractivity contribution is -0.228. The van der Waals surface area contributed by atoms with E-state index < -0.39 is 58.6 Å². The molecule has 0 radical (unpaired) electrons. The summed E-state index contributed by atoms with van der Waals surface area (Å²) in [6, 6.07) is 5.75. The standard InChI is InChI=1S/C21H24N6O10S2/c1-21(2)12(18(29)27(21)37-39(32,33)34)7-14(28)16(13-9-38-20(24)25-13)26-35-8-15(19(30)31)36-11-5-3-10(4-6-11)17(22)23/h3-6,9,12,15H,7-8H2,1-2H3,(H3,22,23)(H2,24,25)(H,30,31)(H,32,33,34)/b26-16-/t12-,15?/m1/s1. The molecule has 0 bridgehead atoms. The lowest BCUT2D eigenvalue weighted by Crippen LogP contribution is -2.68. The number of aliphatic carboxylic acids is 1. The van der Waals surface area contributed by atoms with E-state index in [1.807, 2.05) is 0 Å². The van der Waals surface area contributed by atoms with E-state index in [4.69, 9.17) is 31.0 Å². The molecule has 3 rings (SSSR count). The third-order valence-electron chi connectivity index (χ3n) is 5.56. The number of anilines is 1. The number of amidine groups is 1. The van der Waals surface area contributed by atoms with E-state index in [1.54, 1.807) is 0 Å². The molecule has 2 heterocycles. The SMILES string of the molecule is CC1(C)[C@H](CC(=O)/C(=N\OCC(Oc2ccc(C(=N)N)cc2)C(=O)O)c2csc(N)n2)C(=O)N1OS(=O)(=O)O. The molecule has 16 nitrogen and oxygen atoms in total. The van der Waals surface area contributed by atoms with Crippen molar-refractivity contribution < 1.29 is 46.3 Å². The van der Waals surface area contributed by atoms with Crippen molar-refractivity contribution in [1.82, 2.24) is 10.0 Å². The maximum atomic E-state index is 13.1. The molecule has 1 fully saturated rings. The van der Waals surface area contributed by atoms with Crippen LogP contribution >= 0.6 is 11.3 Å². The van der Waals surface area contributed by atoms with Crippen LogP contribution in [0.3, 0.4) is 0 Å². The van der Waals surface area contributed by atoms with Crippen LogP contribution in [0.25, 0.3) is 0 Å². The van der Waals surface area contributed by atoms with Crippen LogP contribution in [0.5, 0.6) is 5.75 Å². The highest BCUT2D eigenvalue weighted by Crippen LogP contribution is 2.40. The molecule has 1 aliphatic heterocycles. The Kier molecular flexibility index (Phi) is 8.54. The first-order valence-electron chi connectivity index (χ1n) is 10.9. The Bertz CT molecular complexity index is 1420. The number of ketones is 1. The monoisotopic (exact) mass is 584 g/mol. The first kappa shape index (κ1) is 29.4. The number of amides is 1. The van der Waals surface area contributed by atoms with Gasteiger partial charge in [0.05, 0.1) is 11.5 Å². The van der Waals surface area contributed by atoms with Crippen LogP contribution in [0.2, 0.25) is 0 Å². The number of nitrogens with zero attached hydrogens (tertiary/aromatic N) is 3. The van der Waals surface area contributed by atoms with Gasteiger partial charge in [0.1, 0.15) is 17.3 Å². The predicted octanol–water partition coefficient (Wildman–Crippen LogP) is 0.193. The molecule has 2 atom stereocenters. The number of nitrogens with one attached hydrogen (secondary N) is 1. The van der Waals surface area contributed by atoms with E-state index >= 15 is 0 Å². The van der Waals surface area contributed by atoms with Gasteiger partial charge in [0.15, 0.2) is 23.2 Å². The number of carboxylic acid groups (broad SMARTS) is 1. The zero-order chi connectivity index (χ0) is 29.1. The number of Topliss-reactive ketones (excluding diaryl/α,β-unsaturated/α-hetero) is 1. The third kappa shape index (κ3) is 7.05. The molecule has 0 spiro atoms. The second-order valence-corrected chi connectivity index (χ2v) is 10.6.